The van der Waals surface area contributed by atoms with Gasteiger partial charge in [-0.1, -0.05) is 12.1 Å². The number of hydrogen-bond donors (Lipinski definition) is 2. The molecule has 1 heterocycles. The topological polar surface area (TPSA) is 132 Å². The van der Waals surface area contributed by atoms with Crippen LogP contribution >= 0.6 is 0 Å². The lowest BCUT2D eigenvalue weighted by Crippen LogP contribution is -2.29. The van der Waals surface area contributed by atoms with Crippen molar-refractivity contribution in [2.75, 3.05) is 11.8 Å². The Labute approximate surface area is 150 Å². The fourth-order valence-electron chi connectivity index (χ4n) is 2.84. The van der Waals surface area contributed by atoms with Crippen LogP contribution in [0.5, 0.6) is 0 Å². The fourth-order valence-corrected chi connectivity index (χ4v) is 2.84. The van der Waals surface area contributed by atoms with Crippen LogP contribution in [-0.4, -0.2) is 17.8 Å². The minimum atomic E-state index is -0.754. The number of rotatable bonds is 5. The molecule has 2 N–H and O–H groups in total. The van der Waals surface area contributed by atoms with E-state index in [1.807, 2.05) is 6.07 Å². The zero-order chi connectivity index (χ0) is 19.3. The van der Waals surface area contributed by atoms with Crippen LogP contribution in [0.1, 0.15) is 31.7 Å². The average molecular weight is 353 g/mol. The largest absolute Gasteiger partial charge is 0.733 e. The van der Waals surface area contributed by atoms with Crippen LogP contribution in [0.2, 0.25) is 0 Å². The summed E-state index contributed by atoms with van der Waals surface area (Å²) in [6, 6.07) is 10.00. The second-order valence-corrected chi connectivity index (χ2v) is 5.66. The Kier molecular flexibility index (Phi) is 5.97. The molecule has 134 valence electrons. The first kappa shape index (κ1) is 19.0. The van der Waals surface area contributed by atoms with Gasteiger partial charge in [0.25, 0.3) is 0 Å². The number of nitrogens with one attached hydrogen (secondary N) is 1. The molecular weight excluding hydrogens is 336 g/mol. The van der Waals surface area contributed by atoms with Gasteiger partial charge >= 0.3 is 5.97 Å². The molecule has 26 heavy (non-hydrogen) atoms. The maximum Gasteiger partial charge on any atom is 0.336 e. The number of allylic oxidation sites excluding steroid dienone is 3. The molecule has 0 aliphatic carbocycles. The van der Waals surface area contributed by atoms with Gasteiger partial charge in [0.05, 0.1) is 41.3 Å². The van der Waals surface area contributed by atoms with Crippen molar-refractivity contribution in [3.8, 4) is 12.1 Å². The highest BCUT2D eigenvalue weighted by Crippen LogP contribution is 2.39. The number of anilines is 1. The summed E-state index contributed by atoms with van der Waals surface area (Å²) >= 11 is 0. The second kappa shape index (κ2) is 8.17. The van der Waals surface area contributed by atoms with Crippen LogP contribution in [0.3, 0.4) is 0 Å². The van der Waals surface area contributed by atoms with E-state index in [0.29, 0.717) is 22.5 Å². The predicted molar refractivity (Wildman–Crippen MR) is 92.2 cm³/mol. The molecule has 8 heteroatoms. The summed E-state index contributed by atoms with van der Waals surface area (Å²) < 4.78 is 5.14. The molecule has 1 aromatic rings. The number of ether oxygens (including phenoxy) is 1. The van der Waals surface area contributed by atoms with E-state index < -0.39 is 11.9 Å². The molecule has 0 aromatic heterocycles. The third kappa shape index (κ3) is 3.83. The summed E-state index contributed by atoms with van der Waals surface area (Å²) in [4.78, 5) is 12.6. The Hall–Kier alpha value is -3.33. The standard InChI is InChI=1S/C18H17N4O4/c1-11-15(10-20)17(13-5-3-6-14(9-13)22(24)25)16(12(2)21-11)18(23)26-8-4-7-19/h3,5-6,9,17,21,24H,4,8H2,1-2H3/q-1/t17-/m0/s1. The van der Waals surface area contributed by atoms with Crippen molar-refractivity contribution in [1.82, 2.24) is 5.32 Å². The first-order valence-electron chi connectivity index (χ1n) is 7.79. The zero-order valence-corrected chi connectivity index (χ0v) is 14.3. The molecule has 0 fully saturated rings. The van der Waals surface area contributed by atoms with Crippen molar-refractivity contribution >= 4 is 11.7 Å². The number of nitriles is 2. The van der Waals surface area contributed by atoms with E-state index in [1.54, 1.807) is 26.0 Å². The molecular formula is C18H17N4O4-. The average Bonchev–Trinajstić information content (AvgIpc) is 2.61. The van der Waals surface area contributed by atoms with Crippen molar-refractivity contribution in [1.29, 1.82) is 10.5 Å². The quantitative estimate of drug-likeness (QED) is 0.469. The molecule has 1 aromatic carbocycles. The Balaban J connectivity index is 2.53. The maximum atomic E-state index is 12.6. The Morgan fingerprint density at radius 2 is 2.12 bits per heavy atom. The van der Waals surface area contributed by atoms with Crippen LogP contribution in [-0.2, 0) is 9.53 Å². The molecule has 0 amide bonds. The molecule has 1 aliphatic rings. The molecule has 0 saturated carbocycles. The van der Waals surface area contributed by atoms with Crippen molar-refractivity contribution in [2.45, 2.75) is 26.2 Å². The van der Waals surface area contributed by atoms with Gasteiger partial charge in [0.1, 0.15) is 6.61 Å². The summed E-state index contributed by atoms with van der Waals surface area (Å²) in [5, 5.41) is 41.2. The highest BCUT2D eigenvalue weighted by Gasteiger charge is 2.34. The van der Waals surface area contributed by atoms with Crippen LogP contribution in [0, 0.1) is 27.9 Å². The number of carbonyl (C=O) groups is 1. The smallest absolute Gasteiger partial charge is 0.336 e. The molecule has 0 bridgehead atoms. The van der Waals surface area contributed by atoms with E-state index in [4.69, 9.17) is 15.2 Å². The Morgan fingerprint density at radius 1 is 1.38 bits per heavy atom. The van der Waals surface area contributed by atoms with Gasteiger partial charge in [0.2, 0.25) is 0 Å². The third-order valence-corrected chi connectivity index (χ3v) is 3.97. The van der Waals surface area contributed by atoms with Crippen molar-refractivity contribution < 1.29 is 14.7 Å². The summed E-state index contributed by atoms with van der Waals surface area (Å²) in [5.74, 6) is -1.40. The monoisotopic (exact) mass is 353 g/mol. The van der Waals surface area contributed by atoms with Crippen molar-refractivity contribution in [3.05, 3.63) is 57.6 Å². The lowest BCUT2D eigenvalue weighted by atomic mass is 9.81. The minimum absolute atomic E-state index is 0.0224. The van der Waals surface area contributed by atoms with Crippen LogP contribution in [0.4, 0.5) is 5.69 Å². The van der Waals surface area contributed by atoms with Gasteiger partial charge in [-0.25, -0.2) is 4.79 Å². The minimum Gasteiger partial charge on any atom is -0.733 e. The zero-order valence-electron chi connectivity index (χ0n) is 14.3. The molecule has 1 aliphatic heterocycles. The molecule has 1 atom stereocenters. The van der Waals surface area contributed by atoms with E-state index in [-0.39, 0.29) is 29.5 Å². The summed E-state index contributed by atoms with van der Waals surface area (Å²) in [7, 11) is 0. The van der Waals surface area contributed by atoms with E-state index >= 15 is 0 Å². The van der Waals surface area contributed by atoms with Gasteiger partial charge in [0.15, 0.2) is 0 Å². The van der Waals surface area contributed by atoms with Crippen LogP contribution < -0.4 is 10.5 Å². The van der Waals surface area contributed by atoms with Gasteiger partial charge in [-0.3, -0.25) is 5.21 Å². The van der Waals surface area contributed by atoms with Gasteiger partial charge < -0.3 is 20.5 Å². The van der Waals surface area contributed by atoms with Crippen LogP contribution in [0.15, 0.2) is 46.8 Å². The van der Waals surface area contributed by atoms with Crippen LogP contribution in [0.25, 0.3) is 0 Å². The first-order valence-corrected chi connectivity index (χ1v) is 7.79. The van der Waals surface area contributed by atoms with E-state index in [1.165, 1.54) is 12.1 Å². The predicted octanol–water partition coefficient (Wildman–Crippen LogP) is 2.60. The van der Waals surface area contributed by atoms with Crippen molar-refractivity contribution in [3.63, 3.8) is 0 Å². The first-order chi connectivity index (χ1) is 12.4. The number of hydrogen-bond acceptors (Lipinski definition) is 8. The highest BCUT2D eigenvalue weighted by atomic mass is 16.8. The normalized spacial score (nSPS) is 16.5. The van der Waals surface area contributed by atoms with Crippen molar-refractivity contribution in [2.24, 2.45) is 0 Å². The molecule has 0 radical (unpaired) electrons. The summed E-state index contributed by atoms with van der Waals surface area (Å²) in [6.07, 6.45) is 0.0568. The number of benzene rings is 1. The Bertz CT molecular complexity index is 859. The van der Waals surface area contributed by atoms with Gasteiger partial charge in [-0.2, -0.15) is 10.5 Å². The molecule has 0 spiro atoms. The number of esters is 1. The van der Waals surface area contributed by atoms with E-state index in [9.17, 15) is 15.3 Å². The highest BCUT2D eigenvalue weighted by molar-refractivity contribution is 5.93. The van der Waals surface area contributed by atoms with E-state index in [2.05, 4.69) is 11.4 Å². The van der Waals surface area contributed by atoms with Gasteiger partial charge in [-0.15, -0.1) is 0 Å². The lowest BCUT2D eigenvalue weighted by Gasteiger charge is -2.29. The second-order valence-electron chi connectivity index (χ2n) is 5.66. The van der Waals surface area contributed by atoms with E-state index in [0.717, 1.165) is 0 Å². The summed E-state index contributed by atoms with van der Waals surface area (Å²) in [5.41, 5.74) is 2.08. The molecule has 0 saturated heterocycles. The SMILES string of the molecule is CC1=C(C#N)[C@H](c2cccc(N([O-])O)c2)C(C(=O)OCCC#N)=C(C)N1. The number of dihydropyridines is 1. The summed E-state index contributed by atoms with van der Waals surface area (Å²) in [6.45, 7) is 3.33. The van der Waals surface area contributed by atoms with Gasteiger partial charge in [-0.05, 0) is 31.5 Å². The number of carbonyl (C=O) groups excluding carboxylic acids is 1. The van der Waals surface area contributed by atoms with Gasteiger partial charge in [0, 0.05) is 11.4 Å². The molecule has 2 rings (SSSR count). The third-order valence-electron chi connectivity index (χ3n) is 3.97. The fraction of sp³-hybridized carbons (Fsp3) is 0.278. The lowest BCUT2D eigenvalue weighted by molar-refractivity contribution is -0.139. The number of nitrogens with zero attached hydrogens (tertiary/aromatic N) is 3. The maximum absolute atomic E-state index is 12.6. The Morgan fingerprint density at radius 3 is 2.73 bits per heavy atom. The molecule has 8 nitrogen and oxygen atoms in total. The molecule has 0 unspecified atom stereocenters.